The molecule has 1 aromatic heterocycles. The normalized spacial score (nSPS) is 23.0. The molecule has 1 aliphatic heterocycles. The van der Waals surface area contributed by atoms with Crippen molar-refractivity contribution in [3.05, 3.63) is 18.5 Å². The van der Waals surface area contributed by atoms with Crippen molar-refractivity contribution in [2.75, 3.05) is 17.3 Å². The van der Waals surface area contributed by atoms with Gasteiger partial charge >= 0.3 is 0 Å². The maximum atomic E-state index is 12.2. The van der Waals surface area contributed by atoms with Crippen LogP contribution in [0.25, 0.3) is 0 Å². The van der Waals surface area contributed by atoms with Crippen LogP contribution < -0.4 is 5.32 Å². The summed E-state index contributed by atoms with van der Waals surface area (Å²) in [5.41, 5.74) is 0. The van der Waals surface area contributed by atoms with Crippen LogP contribution in [0.3, 0.4) is 0 Å². The second-order valence-corrected chi connectivity index (χ2v) is 10.2. The van der Waals surface area contributed by atoms with E-state index in [1.807, 2.05) is 4.57 Å². The number of aromatic nitrogens is 3. The third-order valence-corrected chi connectivity index (χ3v) is 7.69. The highest BCUT2D eigenvalue weighted by Crippen LogP contribution is 2.30. The summed E-state index contributed by atoms with van der Waals surface area (Å²) < 4.78 is 25.4. The first kappa shape index (κ1) is 19.4. The number of rotatable bonds is 7. The number of carbonyl (C=O) groups excluding carboxylic acids is 1. The first-order valence-electron chi connectivity index (χ1n) is 9.15. The SMILES string of the molecule is C=CCn1c(SCC(=O)NC2CCCCC2)nnc1C1CCS(=O)(=O)C1. The molecule has 2 fully saturated rings. The highest BCUT2D eigenvalue weighted by atomic mass is 32.2. The Labute approximate surface area is 158 Å². The van der Waals surface area contributed by atoms with E-state index < -0.39 is 9.84 Å². The molecule has 3 rings (SSSR count). The highest BCUT2D eigenvalue weighted by Gasteiger charge is 2.33. The molecule has 0 aromatic carbocycles. The molecule has 0 radical (unpaired) electrons. The molecule has 1 atom stereocenters. The number of thioether (sulfide) groups is 1. The molecule has 1 aromatic rings. The molecule has 1 aliphatic carbocycles. The number of hydrogen-bond acceptors (Lipinski definition) is 6. The van der Waals surface area contributed by atoms with Crippen LogP contribution in [0.5, 0.6) is 0 Å². The number of nitrogens with zero attached hydrogens (tertiary/aromatic N) is 3. The second kappa shape index (κ2) is 8.56. The number of hydrogen-bond donors (Lipinski definition) is 1. The van der Waals surface area contributed by atoms with Crippen LogP contribution in [0.4, 0.5) is 0 Å². The summed E-state index contributed by atoms with van der Waals surface area (Å²) in [5.74, 6) is 1.17. The predicted molar refractivity (Wildman–Crippen MR) is 102 cm³/mol. The van der Waals surface area contributed by atoms with Gasteiger partial charge in [0.05, 0.1) is 17.3 Å². The third kappa shape index (κ3) is 4.88. The molecule has 9 heteroatoms. The Bertz CT molecular complexity index is 754. The molecule has 0 spiro atoms. The van der Waals surface area contributed by atoms with Crippen molar-refractivity contribution in [1.82, 2.24) is 20.1 Å². The Morgan fingerprint density at radius 3 is 2.69 bits per heavy atom. The maximum Gasteiger partial charge on any atom is 0.230 e. The van der Waals surface area contributed by atoms with E-state index in [9.17, 15) is 13.2 Å². The van der Waals surface area contributed by atoms with Crippen molar-refractivity contribution in [2.45, 2.75) is 62.2 Å². The molecule has 1 N–H and O–H groups in total. The van der Waals surface area contributed by atoms with E-state index in [0.717, 1.165) is 12.8 Å². The zero-order valence-electron chi connectivity index (χ0n) is 14.9. The topological polar surface area (TPSA) is 93.9 Å². The van der Waals surface area contributed by atoms with E-state index in [0.29, 0.717) is 30.0 Å². The smallest absolute Gasteiger partial charge is 0.230 e. The van der Waals surface area contributed by atoms with Gasteiger partial charge in [0.1, 0.15) is 5.82 Å². The van der Waals surface area contributed by atoms with Gasteiger partial charge in [-0.25, -0.2) is 8.42 Å². The van der Waals surface area contributed by atoms with Gasteiger partial charge in [0, 0.05) is 18.5 Å². The Balaban J connectivity index is 1.62. The van der Waals surface area contributed by atoms with E-state index in [2.05, 4.69) is 22.1 Å². The maximum absolute atomic E-state index is 12.2. The number of nitrogens with one attached hydrogen (secondary N) is 1. The van der Waals surface area contributed by atoms with Gasteiger partial charge in [-0.2, -0.15) is 0 Å². The fourth-order valence-corrected chi connectivity index (χ4v) is 6.16. The minimum Gasteiger partial charge on any atom is -0.353 e. The van der Waals surface area contributed by atoms with Gasteiger partial charge in [0.15, 0.2) is 15.0 Å². The van der Waals surface area contributed by atoms with E-state index in [1.54, 1.807) is 6.08 Å². The molecule has 26 heavy (non-hydrogen) atoms. The summed E-state index contributed by atoms with van der Waals surface area (Å²) >= 11 is 1.34. The monoisotopic (exact) mass is 398 g/mol. The average Bonchev–Trinajstić information content (AvgIpc) is 3.17. The largest absolute Gasteiger partial charge is 0.353 e. The summed E-state index contributed by atoms with van der Waals surface area (Å²) in [6.45, 7) is 4.27. The summed E-state index contributed by atoms with van der Waals surface area (Å²) in [4.78, 5) is 12.2. The quantitative estimate of drug-likeness (QED) is 0.557. The van der Waals surface area contributed by atoms with Gasteiger partial charge in [-0.3, -0.25) is 4.79 Å². The van der Waals surface area contributed by atoms with Gasteiger partial charge in [0.2, 0.25) is 5.91 Å². The van der Waals surface area contributed by atoms with Crippen molar-refractivity contribution in [1.29, 1.82) is 0 Å². The average molecular weight is 399 g/mol. The minimum absolute atomic E-state index is 0.0139. The van der Waals surface area contributed by atoms with Crippen molar-refractivity contribution < 1.29 is 13.2 Å². The van der Waals surface area contributed by atoms with Crippen LogP contribution in [0.1, 0.15) is 50.3 Å². The standard InChI is InChI=1S/C17H26N4O3S2/c1-2-9-21-16(13-8-10-26(23,24)12-13)19-20-17(21)25-11-15(22)18-14-6-4-3-5-7-14/h2,13-14H,1,3-12H2,(H,18,22). The molecule has 1 unspecified atom stereocenters. The van der Waals surface area contributed by atoms with Crippen molar-refractivity contribution in [3.8, 4) is 0 Å². The fraction of sp³-hybridized carbons (Fsp3) is 0.706. The third-order valence-electron chi connectivity index (χ3n) is 4.96. The lowest BCUT2D eigenvalue weighted by atomic mass is 9.95. The van der Waals surface area contributed by atoms with Crippen LogP contribution in [0.15, 0.2) is 17.8 Å². The Morgan fingerprint density at radius 1 is 1.27 bits per heavy atom. The van der Waals surface area contributed by atoms with Crippen molar-refractivity contribution in [3.63, 3.8) is 0 Å². The predicted octanol–water partition coefficient (Wildman–Crippen LogP) is 1.91. The highest BCUT2D eigenvalue weighted by molar-refractivity contribution is 7.99. The second-order valence-electron chi connectivity index (χ2n) is 7.03. The number of allylic oxidation sites excluding steroid dienone is 1. The lowest BCUT2D eigenvalue weighted by Gasteiger charge is -2.22. The number of sulfone groups is 1. The summed E-state index contributed by atoms with van der Waals surface area (Å²) in [7, 11) is -2.99. The van der Waals surface area contributed by atoms with Gasteiger partial charge in [-0.05, 0) is 19.3 Å². The zero-order valence-corrected chi connectivity index (χ0v) is 16.5. The zero-order chi connectivity index (χ0) is 18.6. The van der Waals surface area contributed by atoms with Crippen molar-refractivity contribution >= 4 is 27.5 Å². The number of amides is 1. The van der Waals surface area contributed by atoms with Crippen LogP contribution in [-0.2, 0) is 21.2 Å². The molecule has 144 valence electrons. The molecular formula is C17H26N4O3S2. The summed E-state index contributed by atoms with van der Waals surface area (Å²) in [6, 6.07) is 0.294. The molecule has 1 saturated carbocycles. The Morgan fingerprint density at radius 2 is 2.04 bits per heavy atom. The molecule has 1 amide bonds. The minimum atomic E-state index is -2.99. The number of carbonyl (C=O) groups is 1. The van der Waals surface area contributed by atoms with Gasteiger partial charge in [-0.1, -0.05) is 37.1 Å². The van der Waals surface area contributed by atoms with E-state index in [1.165, 1.54) is 31.0 Å². The Kier molecular flexibility index (Phi) is 6.39. The van der Waals surface area contributed by atoms with Gasteiger partial charge in [0.25, 0.3) is 0 Å². The van der Waals surface area contributed by atoms with Gasteiger partial charge < -0.3 is 9.88 Å². The lowest BCUT2D eigenvalue weighted by Crippen LogP contribution is -2.37. The van der Waals surface area contributed by atoms with Crippen LogP contribution >= 0.6 is 11.8 Å². The molecule has 2 aliphatic rings. The van der Waals surface area contributed by atoms with Crippen LogP contribution in [-0.4, -0.2) is 52.4 Å². The van der Waals surface area contributed by atoms with Crippen molar-refractivity contribution in [2.24, 2.45) is 0 Å². The van der Waals surface area contributed by atoms with Crippen LogP contribution in [0, 0.1) is 0 Å². The lowest BCUT2D eigenvalue weighted by molar-refractivity contribution is -0.119. The van der Waals surface area contributed by atoms with Gasteiger partial charge in [-0.15, -0.1) is 16.8 Å². The summed E-state index contributed by atoms with van der Waals surface area (Å²) in [6.07, 6.45) is 8.05. The Hall–Kier alpha value is -1.35. The van der Waals surface area contributed by atoms with E-state index >= 15 is 0 Å². The fourth-order valence-electron chi connectivity index (χ4n) is 3.65. The molecule has 2 heterocycles. The molecular weight excluding hydrogens is 372 g/mol. The molecule has 7 nitrogen and oxygen atoms in total. The first-order valence-corrected chi connectivity index (χ1v) is 12.0. The van der Waals surface area contributed by atoms with E-state index in [4.69, 9.17) is 0 Å². The molecule has 1 saturated heterocycles. The van der Waals surface area contributed by atoms with Crippen LogP contribution in [0.2, 0.25) is 0 Å². The molecule has 0 bridgehead atoms. The summed E-state index contributed by atoms with van der Waals surface area (Å²) in [5, 5.41) is 12.2. The first-order chi connectivity index (χ1) is 12.5. The van der Waals surface area contributed by atoms with E-state index in [-0.39, 0.29) is 29.1 Å².